The number of carbonyl (C=O) groups is 4. The van der Waals surface area contributed by atoms with E-state index in [-0.39, 0.29) is 25.7 Å². The summed E-state index contributed by atoms with van der Waals surface area (Å²) in [5.74, 6) is -0.582. The highest BCUT2D eigenvalue weighted by atomic mass is 31.2. The number of carbonyl (C=O) groups excluding carboxylic acids is 4. The van der Waals surface area contributed by atoms with Crippen LogP contribution in [0.5, 0.6) is 0 Å². The van der Waals surface area contributed by atoms with Crippen molar-refractivity contribution in [3.63, 3.8) is 0 Å². The van der Waals surface area contributed by atoms with Crippen molar-refractivity contribution in [1.82, 2.24) is 0 Å². The lowest BCUT2D eigenvalue weighted by molar-refractivity contribution is -0.161. The molecule has 0 spiro atoms. The Morgan fingerprint density at radius 1 is 0.299 bits per heavy atom. The fraction of sp³-hybridized carbons (Fsp3) is 0.949. The molecule has 0 saturated heterocycles. The second-order valence-electron chi connectivity index (χ2n) is 28.8. The van der Waals surface area contributed by atoms with Crippen LogP contribution < -0.4 is 0 Å². The molecule has 0 aliphatic rings. The number of hydrogen-bond acceptors (Lipinski definition) is 15. The van der Waals surface area contributed by atoms with E-state index in [0.29, 0.717) is 25.7 Å². The first-order valence-corrected chi connectivity index (χ1v) is 43.5. The third-order valence-electron chi connectivity index (χ3n) is 18.6. The van der Waals surface area contributed by atoms with E-state index >= 15 is 0 Å². The van der Waals surface area contributed by atoms with E-state index in [1.807, 2.05) is 0 Å². The Kier molecular flexibility index (Phi) is 68.4. The molecule has 3 N–H and O–H groups in total. The molecule has 0 bridgehead atoms. The minimum absolute atomic E-state index is 0.107. The maximum Gasteiger partial charge on any atom is 0.472 e. The lowest BCUT2D eigenvalue weighted by atomic mass is 10.00. The van der Waals surface area contributed by atoms with E-state index in [2.05, 4.69) is 41.5 Å². The Morgan fingerprint density at radius 2 is 0.526 bits per heavy atom. The van der Waals surface area contributed by atoms with Gasteiger partial charge in [-0.3, -0.25) is 37.3 Å². The molecule has 0 aromatic heterocycles. The number of phosphoric acid groups is 2. The SMILES string of the molecule is CCCCCCCCCCCCCCCCCCCCC(=O)O[C@H](COC(=O)CCCCCCCCCCCCCCCCC(C)C)COP(=O)(O)OC[C@@H](O)COP(=O)(O)OC[C@@H](COC(=O)CCCCCCCCC(C)CC)OC(=O)CCCCCCCCCCCCCC. The summed E-state index contributed by atoms with van der Waals surface area (Å²) in [6.07, 6.45) is 58.2. The van der Waals surface area contributed by atoms with Crippen molar-refractivity contribution in [2.45, 2.75) is 426 Å². The molecule has 0 rings (SSSR count). The summed E-state index contributed by atoms with van der Waals surface area (Å²) >= 11 is 0. The summed E-state index contributed by atoms with van der Waals surface area (Å²) in [6.45, 7) is 9.60. The van der Waals surface area contributed by atoms with Crippen LogP contribution in [0, 0.1) is 11.8 Å². The zero-order valence-electron chi connectivity index (χ0n) is 63.4. The van der Waals surface area contributed by atoms with Crippen molar-refractivity contribution < 1.29 is 80.2 Å². The third kappa shape index (κ3) is 70.9. The summed E-state index contributed by atoms with van der Waals surface area (Å²) in [4.78, 5) is 72.9. The van der Waals surface area contributed by atoms with Gasteiger partial charge < -0.3 is 33.8 Å². The highest BCUT2D eigenvalue weighted by Crippen LogP contribution is 2.45. The Hall–Kier alpha value is -1.94. The van der Waals surface area contributed by atoms with Crippen LogP contribution in [0.4, 0.5) is 0 Å². The van der Waals surface area contributed by atoms with E-state index < -0.39 is 97.5 Å². The first kappa shape index (κ1) is 95.1. The quantitative estimate of drug-likeness (QED) is 0.0222. The second-order valence-corrected chi connectivity index (χ2v) is 31.7. The Bertz CT molecular complexity index is 1870. The molecule has 0 aliphatic heterocycles. The molecular weight excluding hydrogens is 1270 g/mol. The fourth-order valence-electron chi connectivity index (χ4n) is 12.0. The molecule has 0 aliphatic carbocycles. The monoisotopic (exact) mass is 1420 g/mol. The van der Waals surface area contributed by atoms with Crippen LogP contribution in [0.15, 0.2) is 0 Å². The lowest BCUT2D eigenvalue weighted by Crippen LogP contribution is -2.30. The van der Waals surface area contributed by atoms with Gasteiger partial charge in [0.2, 0.25) is 0 Å². The fourth-order valence-corrected chi connectivity index (χ4v) is 13.6. The van der Waals surface area contributed by atoms with Gasteiger partial charge in [0.25, 0.3) is 0 Å². The number of unbranched alkanes of at least 4 members (excludes halogenated alkanes) is 46. The van der Waals surface area contributed by atoms with Gasteiger partial charge >= 0.3 is 39.5 Å². The van der Waals surface area contributed by atoms with Crippen LogP contribution in [0.3, 0.4) is 0 Å². The first-order valence-electron chi connectivity index (χ1n) is 40.5. The van der Waals surface area contributed by atoms with Gasteiger partial charge in [0.15, 0.2) is 12.2 Å². The van der Waals surface area contributed by atoms with Crippen LogP contribution in [0.2, 0.25) is 0 Å². The molecule has 0 heterocycles. The average molecular weight is 1420 g/mol. The van der Waals surface area contributed by atoms with Crippen LogP contribution in [0.1, 0.15) is 408 Å². The molecule has 0 saturated carbocycles. The summed E-state index contributed by atoms with van der Waals surface area (Å²) in [5.41, 5.74) is 0. The minimum Gasteiger partial charge on any atom is -0.462 e. The van der Waals surface area contributed by atoms with E-state index in [9.17, 15) is 43.2 Å². The molecule has 0 amide bonds. The van der Waals surface area contributed by atoms with Crippen molar-refractivity contribution in [3.05, 3.63) is 0 Å². The zero-order chi connectivity index (χ0) is 71.4. The molecular formula is C78H152O17P2. The standard InChI is InChI=1S/C78H152O17P2/c1-7-10-12-14-16-18-20-22-23-24-25-26-31-35-39-43-51-57-63-78(83)94-73(66-88-75(80)60-54-48-41-37-34-30-28-27-29-32-36-40-46-52-58-70(4)5)68-92-96(84,85)90-64-72(79)65-91-97(86,87)93-69-74(67-89-76(81)61-55-49-45-44-47-53-59-71(6)9-3)95-77(82)62-56-50-42-38-33-21-19-17-15-13-11-8-2/h70-74,79H,7-69H2,1-6H3,(H,84,85)(H,86,87)/t71?,72-,73-,74-/m1/s1. The maximum absolute atomic E-state index is 13.1. The molecule has 19 heteroatoms. The number of phosphoric ester groups is 2. The Morgan fingerprint density at radius 3 is 0.784 bits per heavy atom. The number of aliphatic hydroxyl groups excluding tert-OH is 1. The van der Waals surface area contributed by atoms with Crippen molar-refractivity contribution >= 4 is 39.5 Å². The molecule has 576 valence electrons. The summed E-state index contributed by atoms with van der Waals surface area (Å²) in [6, 6.07) is 0. The predicted octanol–water partition coefficient (Wildman–Crippen LogP) is 23.1. The third-order valence-corrected chi connectivity index (χ3v) is 20.5. The van der Waals surface area contributed by atoms with Gasteiger partial charge in [-0.25, -0.2) is 9.13 Å². The van der Waals surface area contributed by atoms with Crippen LogP contribution in [-0.4, -0.2) is 96.7 Å². The average Bonchev–Trinajstić information content (AvgIpc) is 1.19. The lowest BCUT2D eigenvalue weighted by Gasteiger charge is -2.21. The van der Waals surface area contributed by atoms with E-state index in [4.69, 9.17) is 37.0 Å². The number of rotatable bonds is 77. The van der Waals surface area contributed by atoms with Gasteiger partial charge in [-0.1, -0.05) is 356 Å². The molecule has 6 atom stereocenters. The number of ether oxygens (including phenoxy) is 4. The summed E-state index contributed by atoms with van der Waals surface area (Å²) < 4.78 is 68.6. The molecule has 17 nitrogen and oxygen atoms in total. The Balaban J connectivity index is 5.24. The molecule has 0 aromatic rings. The molecule has 3 unspecified atom stereocenters. The summed E-state index contributed by atoms with van der Waals surface area (Å²) in [7, 11) is -9.91. The van der Waals surface area contributed by atoms with Crippen LogP contribution >= 0.6 is 15.6 Å². The van der Waals surface area contributed by atoms with Gasteiger partial charge in [0.1, 0.15) is 19.3 Å². The largest absolute Gasteiger partial charge is 0.472 e. The number of esters is 4. The van der Waals surface area contributed by atoms with E-state index in [1.54, 1.807) is 0 Å². The predicted molar refractivity (Wildman–Crippen MR) is 395 cm³/mol. The van der Waals surface area contributed by atoms with E-state index in [0.717, 1.165) is 108 Å². The molecule has 0 radical (unpaired) electrons. The maximum atomic E-state index is 13.1. The number of hydrogen-bond donors (Lipinski definition) is 3. The molecule has 97 heavy (non-hydrogen) atoms. The normalized spacial score (nSPS) is 14.2. The highest BCUT2D eigenvalue weighted by Gasteiger charge is 2.30. The van der Waals surface area contributed by atoms with Gasteiger partial charge in [0, 0.05) is 25.7 Å². The topological polar surface area (TPSA) is 237 Å². The first-order chi connectivity index (χ1) is 46.9. The van der Waals surface area contributed by atoms with Gasteiger partial charge in [-0.05, 0) is 37.5 Å². The second kappa shape index (κ2) is 69.8. The van der Waals surface area contributed by atoms with Crippen molar-refractivity contribution in [2.24, 2.45) is 11.8 Å². The zero-order valence-corrected chi connectivity index (χ0v) is 65.2. The van der Waals surface area contributed by atoms with Crippen LogP contribution in [0.25, 0.3) is 0 Å². The highest BCUT2D eigenvalue weighted by molar-refractivity contribution is 7.47. The van der Waals surface area contributed by atoms with Gasteiger partial charge in [0.05, 0.1) is 26.4 Å². The molecule has 0 aromatic carbocycles. The molecule has 0 fully saturated rings. The number of aliphatic hydroxyl groups is 1. The van der Waals surface area contributed by atoms with Gasteiger partial charge in [-0.2, -0.15) is 0 Å². The Labute approximate surface area is 594 Å². The summed E-state index contributed by atoms with van der Waals surface area (Å²) in [5, 5.41) is 10.6. The smallest absolute Gasteiger partial charge is 0.462 e. The van der Waals surface area contributed by atoms with Crippen LogP contribution in [-0.2, 0) is 65.4 Å². The minimum atomic E-state index is -4.96. The van der Waals surface area contributed by atoms with E-state index in [1.165, 1.54) is 218 Å². The van der Waals surface area contributed by atoms with Gasteiger partial charge in [-0.15, -0.1) is 0 Å². The van der Waals surface area contributed by atoms with Crippen molar-refractivity contribution in [2.75, 3.05) is 39.6 Å². The van der Waals surface area contributed by atoms with Crippen molar-refractivity contribution in [3.8, 4) is 0 Å². The van der Waals surface area contributed by atoms with Crippen molar-refractivity contribution in [1.29, 1.82) is 0 Å².